The van der Waals surface area contributed by atoms with E-state index in [2.05, 4.69) is 10.6 Å². The van der Waals surface area contributed by atoms with Crippen molar-refractivity contribution < 1.29 is 23.9 Å². The predicted molar refractivity (Wildman–Crippen MR) is 114 cm³/mol. The van der Waals surface area contributed by atoms with E-state index >= 15 is 0 Å². The molecule has 1 aliphatic rings. The highest BCUT2D eigenvalue weighted by Crippen LogP contribution is 2.11. The fourth-order valence-electron chi connectivity index (χ4n) is 3.45. The lowest BCUT2D eigenvalue weighted by atomic mass is 9.99. The highest BCUT2D eigenvalue weighted by molar-refractivity contribution is 5.98. The molecule has 162 valence electrons. The van der Waals surface area contributed by atoms with Crippen molar-refractivity contribution in [2.45, 2.75) is 44.2 Å². The number of Topliss-reactive ketones (excluding diaryl/α,β-unsaturated/α-hetero) is 1. The summed E-state index contributed by atoms with van der Waals surface area (Å²) in [5, 5.41) is 5.74. The monoisotopic (exact) mass is 422 g/mol. The highest BCUT2D eigenvalue weighted by atomic mass is 16.6. The van der Waals surface area contributed by atoms with Crippen molar-refractivity contribution in [2.24, 2.45) is 0 Å². The number of benzene rings is 2. The molecular formula is C24H26N2O5. The normalized spacial score (nSPS) is 16.3. The number of amides is 1. The number of nitrogens with one attached hydrogen (secondary N) is 2. The van der Waals surface area contributed by atoms with Gasteiger partial charge in [0.25, 0.3) is 5.91 Å². The second-order valence-electron chi connectivity index (χ2n) is 7.49. The topological polar surface area (TPSA) is 102 Å². The zero-order valence-electron chi connectivity index (χ0n) is 17.2. The van der Waals surface area contributed by atoms with Crippen molar-refractivity contribution in [3.8, 4) is 0 Å². The fraction of sp³-hybridized carbons (Fsp3) is 0.333. The largest absolute Gasteiger partial charge is 0.392 e. The van der Waals surface area contributed by atoms with Crippen LogP contribution < -0.4 is 10.6 Å². The smallest absolute Gasteiger partial charge is 0.330 e. The molecule has 2 N–H and O–H groups in total. The van der Waals surface area contributed by atoms with Crippen LogP contribution in [0.2, 0.25) is 0 Å². The lowest BCUT2D eigenvalue weighted by molar-refractivity contribution is -0.161. The van der Waals surface area contributed by atoms with Gasteiger partial charge < -0.3 is 15.4 Å². The van der Waals surface area contributed by atoms with Crippen LogP contribution in [-0.4, -0.2) is 42.3 Å². The van der Waals surface area contributed by atoms with E-state index in [4.69, 9.17) is 4.74 Å². The third-order valence-corrected chi connectivity index (χ3v) is 5.15. The van der Waals surface area contributed by atoms with E-state index in [0.29, 0.717) is 24.9 Å². The Morgan fingerprint density at radius 2 is 1.65 bits per heavy atom. The van der Waals surface area contributed by atoms with Crippen molar-refractivity contribution >= 4 is 23.6 Å². The molecule has 1 amide bonds. The van der Waals surface area contributed by atoms with E-state index in [9.17, 15) is 19.2 Å². The molecule has 7 nitrogen and oxygen atoms in total. The van der Waals surface area contributed by atoms with E-state index in [1.165, 1.54) is 0 Å². The zero-order chi connectivity index (χ0) is 22.1. The van der Waals surface area contributed by atoms with Gasteiger partial charge in [0.2, 0.25) is 0 Å². The standard InChI is InChI=1S/C24H26N2O5/c27-21(13-14-22(28)31-24(30)19-12-7-15-25-19)20(16-17-8-3-1-4-9-17)26-23(29)18-10-5-2-6-11-18/h1-6,8-11,19-20,25H,7,12-16H2,(H,26,29)/t19-,20?/m0/s1. The summed E-state index contributed by atoms with van der Waals surface area (Å²) in [7, 11) is 0. The van der Waals surface area contributed by atoms with Crippen molar-refractivity contribution in [3.63, 3.8) is 0 Å². The molecule has 0 aromatic heterocycles. The third kappa shape index (κ3) is 6.86. The quantitative estimate of drug-likeness (QED) is 0.475. The maximum absolute atomic E-state index is 12.8. The first-order chi connectivity index (χ1) is 15.0. The minimum atomic E-state index is -0.796. The van der Waals surface area contributed by atoms with Gasteiger partial charge in [-0.05, 0) is 43.5 Å². The summed E-state index contributed by atoms with van der Waals surface area (Å²) in [6.07, 6.45) is 1.45. The van der Waals surface area contributed by atoms with Gasteiger partial charge in [0.05, 0.1) is 12.5 Å². The van der Waals surface area contributed by atoms with Crippen LogP contribution in [-0.2, 0) is 25.5 Å². The Balaban J connectivity index is 1.59. The first-order valence-corrected chi connectivity index (χ1v) is 10.4. The molecule has 2 atom stereocenters. The number of hydrogen-bond donors (Lipinski definition) is 2. The second-order valence-corrected chi connectivity index (χ2v) is 7.49. The minimum Gasteiger partial charge on any atom is -0.392 e. The van der Waals surface area contributed by atoms with E-state index < -0.39 is 24.0 Å². The van der Waals surface area contributed by atoms with Crippen LogP contribution in [0, 0.1) is 0 Å². The lowest BCUT2D eigenvalue weighted by Crippen LogP contribution is -2.42. The van der Waals surface area contributed by atoms with Gasteiger partial charge in [-0.2, -0.15) is 0 Å². The molecular weight excluding hydrogens is 396 g/mol. The number of rotatable bonds is 9. The molecule has 1 fully saturated rings. The average Bonchev–Trinajstić information content (AvgIpc) is 3.33. The Kier molecular flexibility index (Phi) is 8.06. The molecule has 0 radical (unpaired) electrons. The van der Waals surface area contributed by atoms with Crippen LogP contribution in [0.1, 0.15) is 41.6 Å². The number of esters is 2. The summed E-state index contributed by atoms with van der Waals surface area (Å²) >= 11 is 0. The molecule has 0 aliphatic carbocycles. The molecule has 0 saturated carbocycles. The molecule has 1 saturated heterocycles. The van der Waals surface area contributed by atoms with Gasteiger partial charge in [-0.1, -0.05) is 48.5 Å². The number of ketones is 1. The first-order valence-electron chi connectivity index (χ1n) is 10.4. The van der Waals surface area contributed by atoms with Crippen molar-refractivity contribution in [1.82, 2.24) is 10.6 Å². The van der Waals surface area contributed by atoms with Gasteiger partial charge in [0.1, 0.15) is 6.04 Å². The van der Waals surface area contributed by atoms with Crippen molar-refractivity contribution in [2.75, 3.05) is 6.54 Å². The van der Waals surface area contributed by atoms with Crippen LogP contribution in [0.3, 0.4) is 0 Å². The molecule has 7 heteroatoms. The number of hydrogen-bond acceptors (Lipinski definition) is 6. The summed E-state index contributed by atoms with van der Waals surface area (Å²) in [5.41, 5.74) is 1.33. The summed E-state index contributed by atoms with van der Waals surface area (Å²) in [5.74, 6) is -2.00. The predicted octanol–water partition coefficient (Wildman–Crippen LogP) is 2.20. The maximum Gasteiger partial charge on any atom is 0.330 e. The van der Waals surface area contributed by atoms with Crippen LogP contribution in [0.4, 0.5) is 0 Å². The first kappa shape index (κ1) is 22.4. The van der Waals surface area contributed by atoms with E-state index in [0.717, 1.165) is 12.0 Å². The molecule has 2 aromatic carbocycles. The third-order valence-electron chi connectivity index (χ3n) is 5.15. The Labute approximate surface area is 181 Å². The summed E-state index contributed by atoms with van der Waals surface area (Å²) in [6.45, 7) is 0.717. The molecule has 2 aromatic rings. The van der Waals surface area contributed by atoms with Gasteiger partial charge in [-0.3, -0.25) is 14.4 Å². The minimum absolute atomic E-state index is 0.128. The average molecular weight is 422 g/mol. The van der Waals surface area contributed by atoms with Gasteiger partial charge in [0, 0.05) is 12.0 Å². The second kappa shape index (κ2) is 11.2. The maximum atomic E-state index is 12.8. The van der Waals surface area contributed by atoms with E-state index in [-0.39, 0.29) is 24.5 Å². The summed E-state index contributed by atoms with van der Waals surface area (Å²) < 4.78 is 4.85. The molecule has 1 unspecified atom stereocenters. The van der Waals surface area contributed by atoms with Crippen molar-refractivity contribution in [1.29, 1.82) is 0 Å². The van der Waals surface area contributed by atoms with Gasteiger partial charge in [-0.25, -0.2) is 4.79 Å². The summed E-state index contributed by atoms with van der Waals surface area (Å²) in [4.78, 5) is 49.4. The molecule has 3 rings (SSSR count). The Hall–Kier alpha value is -3.32. The molecule has 0 spiro atoms. The highest BCUT2D eigenvalue weighted by Gasteiger charge is 2.27. The van der Waals surface area contributed by atoms with Crippen LogP contribution in [0.5, 0.6) is 0 Å². The van der Waals surface area contributed by atoms with Crippen LogP contribution >= 0.6 is 0 Å². The fourth-order valence-corrected chi connectivity index (χ4v) is 3.45. The SMILES string of the molecule is O=C(CCC(=O)C(Cc1ccccc1)NC(=O)c1ccccc1)OC(=O)[C@@H]1CCCN1. The van der Waals surface area contributed by atoms with E-state index in [1.54, 1.807) is 30.3 Å². The Morgan fingerprint density at radius 3 is 2.29 bits per heavy atom. The van der Waals surface area contributed by atoms with E-state index in [1.807, 2.05) is 30.3 Å². The van der Waals surface area contributed by atoms with Crippen molar-refractivity contribution in [3.05, 3.63) is 71.8 Å². The number of carbonyl (C=O) groups excluding carboxylic acids is 4. The summed E-state index contributed by atoms with van der Waals surface area (Å²) in [6, 6.07) is 16.7. The Morgan fingerprint density at radius 1 is 0.968 bits per heavy atom. The lowest BCUT2D eigenvalue weighted by Gasteiger charge is -2.18. The van der Waals surface area contributed by atoms with Gasteiger partial charge >= 0.3 is 11.9 Å². The molecule has 0 bridgehead atoms. The van der Waals surface area contributed by atoms with Crippen LogP contribution in [0.25, 0.3) is 0 Å². The van der Waals surface area contributed by atoms with Gasteiger partial charge in [-0.15, -0.1) is 0 Å². The number of carbonyl (C=O) groups is 4. The molecule has 1 aliphatic heterocycles. The van der Waals surface area contributed by atoms with Crippen LogP contribution in [0.15, 0.2) is 60.7 Å². The van der Waals surface area contributed by atoms with Gasteiger partial charge in [0.15, 0.2) is 5.78 Å². The molecule has 31 heavy (non-hydrogen) atoms. The Bertz CT molecular complexity index is 908. The molecule has 1 heterocycles. The number of ether oxygens (including phenoxy) is 1. The zero-order valence-corrected chi connectivity index (χ0v) is 17.2.